The summed E-state index contributed by atoms with van der Waals surface area (Å²) in [5, 5.41) is 13.3. The molecule has 0 saturated heterocycles. The summed E-state index contributed by atoms with van der Waals surface area (Å²) >= 11 is 1.39. The van der Waals surface area contributed by atoms with Crippen molar-refractivity contribution >= 4 is 28.0 Å². The molecule has 0 atom stereocenters. The molecule has 0 fully saturated rings. The van der Waals surface area contributed by atoms with Gasteiger partial charge in [-0.1, -0.05) is 6.92 Å². The molecule has 0 spiro atoms. The van der Waals surface area contributed by atoms with E-state index in [-0.39, 0.29) is 5.91 Å². The number of carbonyl (C=O) groups excluding carboxylic acids is 1. The molecule has 4 aromatic heterocycles. The number of nitrogens with zero attached hydrogens (tertiary/aromatic N) is 5. The molecule has 0 aliphatic carbocycles. The van der Waals surface area contributed by atoms with Gasteiger partial charge in [0.2, 0.25) is 0 Å². The first-order chi connectivity index (χ1) is 12.7. The number of fused-ring (bicyclic) bond motifs is 1. The van der Waals surface area contributed by atoms with Gasteiger partial charge in [-0.3, -0.25) is 19.5 Å². The number of hydrogen-bond donors (Lipinski definition) is 1. The van der Waals surface area contributed by atoms with Crippen LogP contribution in [0.2, 0.25) is 0 Å². The highest BCUT2D eigenvalue weighted by molar-refractivity contribution is 7.13. The Morgan fingerprint density at radius 1 is 1.38 bits per heavy atom. The van der Waals surface area contributed by atoms with E-state index >= 15 is 0 Å². The molecular formula is C18H16N6OS. The van der Waals surface area contributed by atoms with Crippen molar-refractivity contribution in [2.75, 3.05) is 5.32 Å². The van der Waals surface area contributed by atoms with Gasteiger partial charge in [-0.2, -0.15) is 0 Å². The van der Waals surface area contributed by atoms with Gasteiger partial charge in [0.15, 0.2) is 10.8 Å². The van der Waals surface area contributed by atoms with Crippen LogP contribution in [0.4, 0.5) is 5.13 Å². The molecule has 4 aromatic rings. The summed E-state index contributed by atoms with van der Waals surface area (Å²) < 4.78 is 1.75. The second kappa shape index (κ2) is 6.64. The van der Waals surface area contributed by atoms with Crippen LogP contribution in [0.15, 0.2) is 42.4 Å². The molecule has 26 heavy (non-hydrogen) atoms. The maximum atomic E-state index is 12.8. The summed E-state index contributed by atoms with van der Waals surface area (Å²) in [5.74, 6) is -0.263. The molecule has 0 aliphatic heterocycles. The molecule has 0 bridgehead atoms. The Morgan fingerprint density at radius 2 is 2.27 bits per heavy atom. The summed E-state index contributed by atoms with van der Waals surface area (Å²) in [6, 6.07) is 3.82. The Labute approximate surface area is 153 Å². The standard InChI is InChI=1S/C18H16N6OS/c1-3-12-4-5-19-7-15(12)13-6-14(16-23-20-10-24(16)8-13)17(25)22-18-21-11(2)9-26-18/h4-10H,3H2,1-2H3,(H,21,22,25). The average molecular weight is 364 g/mol. The van der Waals surface area contributed by atoms with E-state index in [1.807, 2.05) is 36.8 Å². The summed E-state index contributed by atoms with van der Waals surface area (Å²) in [7, 11) is 0. The van der Waals surface area contributed by atoms with Crippen LogP contribution in [-0.2, 0) is 6.42 Å². The van der Waals surface area contributed by atoms with Crippen LogP contribution in [0.3, 0.4) is 0 Å². The topological polar surface area (TPSA) is 85.1 Å². The van der Waals surface area contributed by atoms with Crippen LogP contribution in [0.1, 0.15) is 28.5 Å². The zero-order valence-corrected chi connectivity index (χ0v) is 15.1. The van der Waals surface area contributed by atoms with Crippen LogP contribution >= 0.6 is 11.3 Å². The third-order valence-electron chi connectivity index (χ3n) is 4.08. The first-order valence-corrected chi connectivity index (χ1v) is 9.04. The zero-order chi connectivity index (χ0) is 18.1. The number of aromatic nitrogens is 5. The molecule has 1 N–H and O–H groups in total. The highest BCUT2D eigenvalue weighted by Crippen LogP contribution is 2.26. The van der Waals surface area contributed by atoms with E-state index in [4.69, 9.17) is 0 Å². The minimum atomic E-state index is -0.263. The molecule has 0 saturated carbocycles. The fourth-order valence-electron chi connectivity index (χ4n) is 2.82. The number of nitrogens with one attached hydrogen (secondary N) is 1. The van der Waals surface area contributed by atoms with E-state index < -0.39 is 0 Å². The van der Waals surface area contributed by atoms with E-state index in [9.17, 15) is 4.79 Å². The SMILES string of the molecule is CCc1ccncc1-c1cc(C(=O)Nc2nc(C)cs2)c2nncn2c1. The Kier molecular flexibility index (Phi) is 4.18. The monoisotopic (exact) mass is 364 g/mol. The first-order valence-electron chi connectivity index (χ1n) is 8.16. The number of rotatable bonds is 4. The lowest BCUT2D eigenvalue weighted by atomic mass is 10.0. The summed E-state index contributed by atoms with van der Waals surface area (Å²) in [6.45, 7) is 3.98. The van der Waals surface area contributed by atoms with Gasteiger partial charge >= 0.3 is 0 Å². The quantitative estimate of drug-likeness (QED) is 0.600. The molecule has 8 heteroatoms. The molecule has 1 amide bonds. The molecule has 4 rings (SSSR count). The summed E-state index contributed by atoms with van der Waals surface area (Å²) in [4.78, 5) is 21.4. The number of aryl methyl sites for hydroxylation is 2. The fraction of sp³-hybridized carbons (Fsp3) is 0.167. The van der Waals surface area contributed by atoms with E-state index in [1.54, 1.807) is 16.9 Å². The Bertz CT molecular complexity index is 1100. The Hall–Kier alpha value is -3.13. The Morgan fingerprint density at radius 3 is 3.04 bits per heavy atom. The lowest BCUT2D eigenvalue weighted by Crippen LogP contribution is -2.13. The van der Waals surface area contributed by atoms with Crippen molar-refractivity contribution in [3.05, 3.63) is 59.3 Å². The molecule has 4 heterocycles. The first kappa shape index (κ1) is 16.3. The third-order valence-corrected chi connectivity index (χ3v) is 4.95. The van der Waals surface area contributed by atoms with Gasteiger partial charge in [-0.05, 0) is 31.0 Å². The van der Waals surface area contributed by atoms with E-state index in [2.05, 4.69) is 32.4 Å². The van der Waals surface area contributed by atoms with E-state index in [1.165, 1.54) is 11.3 Å². The van der Waals surface area contributed by atoms with E-state index in [0.29, 0.717) is 16.3 Å². The van der Waals surface area contributed by atoms with Crippen molar-refractivity contribution in [3.8, 4) is 11.1 Å². The molecule has 7 nitrogen and oxygen atoms in total. The number of carbonyl (C=O) groups is 1. The largest absolute Gasteiger partial charge is 0.298 e. The fourth-order valence-corrected chi connectivity index (χ4v) is 3.50. The second-order valence-electron chi connectivity index (χ2n) is 5.84. The lowest BCUT2D eigenvalue weighted by molar-refractivity contribution is 0.102. The van der Waals surface area contributed by atoms with Gasteiger partial charge in [0.05, 0.1) is 11.3 Å². The van der Waals surface area contributed by atoms with Crippen LogP contribution in [0.25, 0.3) is 16.8 Å². The summed E-state index contributed by atoms with van der Waals surface area (Å²) in [6.07, 6.45) is 7.97. The Balaban J connectivity index is 1.81. The predicted molar refractivity (Wildman–Crippen MR) is 100 cm³/mol. The number of thiazole rings is 1. The van der Waals surface area contributed by atoms with Gasteiger partial charge in [0.1, 0.15) is 6.33 Å². The number of amides is 1. The third kappa shape index (κ3) is 2.95. The van der Waals surface area contributed by atoms with Crippen LogP contribution in [0, 0.1) is 6.92 Å². The van der Waals surface area contributed by atoms with Crippen molar-refractivity contribution in [2.24, 2.45) is 0 Å². The molecule has 0 aromatic carbocycles. The van der Waals surface area contributed by atoms with E-state index in [0.717, 1.165) is 28.8 Å². The maximum absolute atomic E-state index is 12.8. The predicted octanol–water partition coefficient (Wildman–Crippen LogP) is 3.37. The smallest absolute Gasteiger partial charge is 0.261 e. The minimum absolute atomic E-state index is 0.263. The zero-order valence-electron chi connectivity index (χ0n) is 14.3. The summed E-state index contributed by atoms with van der Waals surface area (Å²) in [5.41, 5.74) is 4.86. The average Bonchev–Trinajstić information content (AvgIpc) is 3.29. The molecule has 0 radical (unpaired) electrons. The molecule has 0 unspecified atom stereocenters. The second-order valence-corrected chi connectivity index (χ2v) is 6.70. The maximum Gasteiger partial charge on any atom is 0.261 e. The van der Waals surface area contributed by atoms with Crippen LogP contribution in [-0.4, -0.2) is 30.5 Å². The van der Waals surface area contributed by atoms with Crippen molar-refractivity contribution < 1.29 is 4.79 Å². The number of hydrogen-bond acceptors (Lipinski definition) is 6. The van der Waals surface area contributed by atoms with Crippen molar-refractivity contribution in [1.82, 2.24) is 24.6 Å². The molecule has 0 aliphatic rings. The highest BCUT2D eigenvalue weighted by atomic mass is 32.1. The number of pyridine rings is 2. The molecular weight excluding hydrogens is 348 g/mol. The highest BCUT2D eigenvalue weighted by Gasteiger charge is 2.17. The lowest BCUT2D eigenvalue weighted by Gasteiger charge is -2.10. The van der Waals surface area contributed by atoms with Gasteiger partial charge in [0.25, 0.3) is 5.91 Å². The molecule has 130 valence electrons. The van der Waals surface area contributed by atoms with Gasteiger partial charge in [-0.25, -0.2) is 4.98 Å². The van der Waals surface area contributed by atoms with Crippen LogP contribution in [0.5, 0.6) is 0 Å². The van der Waals surface area contributed by atoms with Crippen molar-refractivity contribution in [1.29, 1.82) is 0 Å². The minimum Gasteiger partial charge on any atom is -0.298 e. The van der Waals surface area contributed by atoms with Gasteiger partial charge < -0.3 is 0 Å². The van der Waals surface area contributed by atoms with Crippen molar-refractivity contribution in [3.63, 3.8) is 0 Å². The van der Waals surface area contributed by atoms with Gasteiger partial charge in [0, 0.05) is 35.1 Å². The van der Waals surface area contributed by atoms with Gasteiger partial charge in [-0.15, -0.1) is 21.5 Å². The van der Waals surface area contributed by atoms with Crippen LogP contribution < -0.4 is 5.32 Å². The normalized spacial score (nSPS) is 11.0. The van der Waals surface area contributed by atoms with Crippen molar-refractivity contribution in [2.45, 2.75) is 20.3 Å². The number of anilines is 1.